The Kier molecular flexibility index (Phi) is 10.1. The van der Waals surface area contributed by atoms with Crippen molar-refractivity contribution in [3.63, 3.8) is 0 Å². The van der Waals surface area contributed by atoms with Crippen molar-refractivity contribution in [2.45, 2.75) is 103 Å². The van der Waals surface area contributed by atoms with Gasteiger partial charge in [-0.25, -0.2) is 18.7 Å². The fourth-order valence-electron chi connectivity index (χ4n) is 9.19. The summed E-state index contributed by atoms with van der Waals surface area (Å²) in [6, 6.07) is 8.17. The highest BCUT2D eigenvalue weighted by Crippen LogP contribution is 2.51. The monoisotopic (exact) mass is 770 g/mol. The molecule has 4 aliphatic heterocycles. The van der Waals surface area contributed by atoms with Crippen molar-refractivity contribution in [1.29, 1.82) is 0 Å². The Labute approximate surface area is 327 Å². The number of hydrogen-bond acceptors (Lipinski definition) is 8. The Bertz CT molecular complexity index is 2090. The van der Waals surface area contributed by atoms with Gasteiger partial charge in [0.2, 0.25) is 5.91 Å². The van der Waals surface area contributed by atoms with Crippen molar-refractivity contribution in [2.75, 3.05) is 32.8 Å². The number of nitrogens with two attached hydrogens (primary N) is 2. The van der Waals surface area contributed by atoms with E-state index in [-0.39, 0.29) is 47.9 Å². The molecule has 2 aromatic carbocycles. The second kappa shape index (κ2) is 14.6. The second-order valence-electron chi connectivity index (χ2n) is 17.9. The summed E-state index contributed by atoms with van der Waals surface area (Å²) >= 11 is 0. The number of H-pyrrole nitrogens is 2. The van der Waals surface area contributed by atoms with Gasteiger partial charge in [0.25, 0.3) is 0 Å². The molecule has 0 aliphatic carbocycles. The first-order valence-electron chi connectivity index (χ1n) is 20.2. The lowest BCUT2D eigenvalue weighted by molar-refractivity contribution is -0.134. The number of benzene rings is 2. The van der Waals surface area contributed by atoms with E-state index < -0.39 is 29.5 Å². The minimum Gasteiger partial charge on any atom is -0.457 e. The normalized spacial score (nSPS) is 24.1. The molecule has 3 fully saturated rings. The summed E-state index contributed by atoms with van der Waals surface area (Å²) in [5, 5.41) is 0. The van der Waals surface area contributed by atoms with Crippen LogP contribution in [0.2, 0.25) is 0 Å². The van der Waals surface area contributed by atoms with Gasteiger partial charge in [0.05, 0.1) is 48.5 Å². The molecule has 6 N–H and O–H groups in total. The first kappa shape index (κ1) is 38.7. The maximum Gasteiger partial charge on any atom is 0.240 e. The Balaban J connectivity index is 1.04. The number of aromatic nitrogens is 4. The first-order chi connectivity index (χ1) is 26.6. The number of likely N-dealkylation sites (tertiary alicyclic amines) is 2. The average Bonchev–Trinajstić information content (AvgIpc) is 3.98. The van der Waals surface area contributed by atoms with Crippen molar-refractivity contribution in [2.24, 2.45) is 28.7 Å². The molecule has 4 aromatic rings. The van der Waals surface area contributed by atoms with Gasteiger partial charge in [-0.05, 0) is 66.8 Å². The third kappa shape index (κ3) is 6.94. The van der Waals surface area contributed by atoms with Crippen molar-refractivity contribution in [3.8, 4) is 34.0 Å². The molecule has 300 valence electrons. The Morgan fingerprint density at radius 1 is 0.946 bits per heavy atom. The lowest BCUT2D eigenvalue weighted by atomic mass is 9.75. The zero-order valence-electron chi connectivity index (χ0n) is 33.4. The molecule has 5 unspecified atom stereocenters. The maximum absolute atomic E-state index is 16.1. The quantitative estimate of drug-likeness (QED) is 0.140. The van der Waals surface area contributed by atoms with Crippen LogP contribution in [-0.4, -0.2) is 86.7 Å². The number of nitrogens with zero attached hydrogens (tertiary/aromatic N) is 4. The Hall–Kier alpha value is -4.17. The second-order valence-corrected chi connectivity index (χ2v) is 17.9. The molecule has 3 saturated heterocycles. The number of aromatic amines is 2. The molecule has 13 heteroatoms. The summed E-state index contributed by atoms with van der Waals surface area (Å²) in [6.07, 6.45) is 5.44. The molecule has 11 nitrogen and oxygen atoms in total. The van der Waals surface area contributed by atoms with E-state index in [1.54, 1.807) is 6.07 Å². The predicted molar refractivity (Wildman–Crippen MR) is 211 cm³/mol. The van der Waals surface area contributed by atoms with Gasteiger partial charge in [-0.2, -0.15) is 0 Å². The van der Waals surface area contributed by atoms with Crippen LogP contribution >= 0.6 is 0 Å². The van der Waals surface area contributed by atoms with Crippen LogP contribution in [0.3, 0.4) is 0 Å². The standard InChI is InChI=1S/C43H56F2N8O3/c1-23(2)31(46)21-52-22-43(9-11-55-12-10-43)17-35(52)40-48-18-32(50-40)25-7-8-36-28(13-25)42(5,6)29-16-30(45)27(15-37(29)56-36)33-19-49-39(51-33)34-14-26(44)20-53(34)41(54)38(47)24(3)4/h7-8,13,15-16,18-19,23-24,26,31,34-35,38H,9-12,14,17,20-22,46-47H2,1-6H3,(H,48,50)(H,49,51). The van der Waals surface area contributed by atoms with Gasteiger partial charge in [0, 0.05) is 66.4 Å². The molecule has 0 saturated carbocycles. The molecule has 6 heterocycles. The Morgan fingerprint density at radius 3 is 2.34 bits per heavy atom. The van der Waals surface area contributed by atoms with Gasteiger partial charge < -0.3 is 35.8 Å². The molecule has 1 spiro atoms. The number of rotatable bonds is 9. The zero-order chi connectivity index (χ0) is 39.7. The molecular formula is C43H56F2N8O3. The fourth-order valence-corrected chi connectivity index (χ4v) is 9.19. The number of halogens is 2. The number of carbonyl (C=O) groups is 1. The molecule has 8 rings (SSSR count). The smallest absolute Gasteiger partial charge is 0.240 e. The molecule has 5 atom stereocenters. The number of amides is 1. The summed E-state index contributed by atoms with van der Waals surface area (Å²) in [6.45, 7) is 15.6. The van der Waals surface area contributed by atoms with E-state index in [0.29, 0.717) is 34.5 Å². The minimum atomic E-state index is -1.20. The van der Waals surface area contributed by atoms with E-state index in [0.717, 1.165) is 68.2 Å². The third-order valence-electron chi connectivity index (χ3n) is 13.0. The summed E-state index contributed by atoms with van der Waals surface area (Å²) in [5.74, 6) is 2.09. The largest absolute Gasteiger partial charge is 0.457 e. The summed E-state index contributed by atoms with van der Waals surface area (Å²) in [5.41, 5.74) is 16.6. The van der Waals surface area contributed by atoms with Crippen LogP contribution in [0, 0.1) is 23.1 Å². The molecule has 2 aromatic heterocycles. The molecule has 1 amide bonds. The van der Waals surface area contributed by atoms with Gasteiger partial charge in [0.1, 0.15) is 35.1 Å². The SMILES string of the molecule is CC(C)C(N)CN1CC2(CCOCC2)CC1c1ncc(-c2ccc3c(c2)C(C)(C)c2cc(F)c(-c4cnc(C5CC(F)CN5C(=O)C(N)C(C)C)[nH]4)cc2O3)[nH]1. The van der Waals surface area contributed by atoms with E-state index in [1.807, 2.05) is 32.2 Å². The van der Waals surface area contributed by atoms with E-state index in [4.69, 9.17) is 25.9 Å². The molecule has 0 radical (unpaired) electrons. The lowest BCUT2D eigenvalue weighted by Gasteiger charge is -2.35. The van der Waals surface area contributed by atoms with Crippen molar-refractivity contribution in [3.05, 3.63) is 71.3 Å². The van der Waals surface area contributed by atoms with Crippen LogP contribution in [0.5, 0.6) is 11.5 Å². The summed E-state index contributed by atoms with van der Waals surface area (Å²) < 4.78 is 43.0. The number of imidazole rings is 2. The van der Waals surface area contributed by atoms with Gasteiger partial charge in [-0.1, -0.05) is 41.5 Å². The highest BCUT2D eigenvalue weighted by atomic mass is 19.1. The summed E-state index contributed by atoms with van der Waals surface area (Å²) in [7, 11) is 0. The lowest BCUT2D eigenvalue weighted by Crippen LogP contribution is -2.46. The van der Waals surface area contributed by atoms with Crippen LogP contribution in [0.1, 0.15) is 102 Å². The van der Waals surface area contributed by atoms with Crippen LogP contribution < -0.4 is 16.2 Å². The topological polar surface area (TPSA) is 151 Å². The average molecular weight is 771 g/mol. The number of fused-ring (bicyclic) bond motifs is 2. The van der Waals surface area contributed by atoms with Crippen LogP contribution in [0.4, 0.5) is 8.78 Å². The zero-order valence-corrected chi connectivity index (χ0v) is 33.4. The van der Waals surface area contributed by atoms with Crippen LogP contribution in [-0.2, 0) is 14.9 Å². The van der Waals surface area contributed by atoms with Gasteiger partial charge >= 0.3 is 0 Å². The van der Waals surface area contributed by atoms with Crippen LogP contribution in [0.25, 0.3) is 22.5 Å². The van der Waals surface area contributed by atoms with E-state index in [9.17, 15) is 9.18 Å². The van der Waals surface area contributed by atoms with Gasteiger partial charge in [-0.3, -0.25) is 9.69 Å². The van der Waals surface area contributed by atoms with Crippen LogP contribution in [0.15, 0.2) is 42.7 Å². The fraction of sp³-hybridized carbons (Fsp3) is 0.558. The number of nitrogens with one attached hydrogen (secondary N) is 2. The summed E-state index contributed by atoms with van der Waals surface area (Å²) in [4.78, 5) is 33.4. The molecule has 0 bridgehead atoms. The Morgan fingerprint density at radius 2 is 1.62 bits per heavy atom. The van der Waals surface area contributed by atoms with Crippen molar-refractivity contribution < 1.29 is 23.0 Å². The van der Waals surface area contributed by atoms with Gasteiger partial charge in [0.15, 0.2) is 0 Å². The molecular weight excluding hydrogens is 715 g/mol. The number of hydrogen-bond donors (Lipinski definition) is 4. The number of alkyl halides is 1. The van der Waals surface area contributed by atoms with Gasteiger partial charge in [-0.15, -0.1) is 0 Å². The van der Waals surface area contributed by atoms with E-state index in [2.05, 4.69) is 53.6 Å². The van der Waals surface area contributed by atoms with E-state index in [1.165, 1.54) is 17.2 Å². The maximum atomic E-state index is 16.1. The van der Waals surface area contributed by atoms with Crippen molar-refractivity contribution >= 4 is 5.91 Å². The molecule has 56 heavy (non-hydrogen) atoms. The van der Waals surface area contributed by atoms with Crippen molar-refractivity contribution in [1.82, 2.24) is 29.7 Å². The highest BCUT2D eigenvalue weighted by molar-refractivity contribution is 5.82. The number of ether oxygens (including phenoxy) is 2. The van der Waals surface area contributed by atoms with E-state index >= 15 is 4.39 Å². The number of carbonyl (C=O) groups excluding carboxylic acids is 1. The predicted octanol–water partition coefficient (Wildman–Crippen LogP) is 7.16. The minimum absolute atomic E-state index is 0.0533. The highest BCUT2D eigenvalue weighted by Gasteiger charge is 2.47. The first-order valence-corrected chi connectivity index (χ1v) is 20.2. The third-order valence-corrected chi connectivity index (χ3v) is 13.0. The molecule has 4 aliphatic rings.